The van der Waals surface area contributed by atoms with Crippen molar-refractivity contribution in [2.45, 2.75) is 5.92 Å². The number of thiophene rings is 1. The average molecular weight is 772 g/mol. The van der Waals surface area contributed by atoms with Crippen molar-refractivity contribution < 1.29 is 4.42 Å². The molecule has 2 nitrogen and oxygen atoms in total. The second kappa shape index (κ2) is 13.7. The third-order valence-electron chi connectivity index (χ3n) is 12.2. The van der Waals surface area contributed by atoms with Crippen molar-refractivity contribution in [2.24, 2.45) is 5.92 Å². The van der Waals surface area contributed by atoms with Crippen molar-refractivity contribution in [1.82, 2.24) is 0 Å². The fourth-order valence-corrected chi connectivity index (χ4v) is 10.4. The zero-order chi connectivity index (χ0) is 38.9. The smallest absolute Gasteiger partial charge is 0.145 e. The normalized spacial score (nSPS) is 15.6. The quantitative estimate of drug-likeness (QED) is 0.167. The highest BCUT2D eigenvalue weighted by atomic mass is 32.1. The molecule has 0 bridgehead atoms. The molecule has 2 aliphatic carbocycles. The lowest BCUT2D eigenvalue weighted by molar-refractivity contribution is 0.670. The van der Waals surface area contributed by atoms with Crippen LogP contribution >= 0.6 is 11.3 Å². The number of fused-ring (bicyclic) bond motifs is 9. The molecule has 0 saturated heterocycles. The minimum atomic E-state index is 0.400. The van der Waals surface area contributed by atoms with Crippen molar-refractivity contribution in [2.75, 3.05) is 4.90 Å². The fraction of sp³-hybridized carbons (Fsp3) is 0.0357. The van der Waals surface area contributed by atoms with Crippen molar-refractivity contribution in [3.63, 3.8) is 0 Å². The largest absolute Gasteiger partial charge is 0.455 e. The van der Waals surface area contributed by atoms with Gasteiger partial charge in [0.2, 0.25) is 0 Å². The van der Waals surface area contributed by atoms with Crippen LogP contribution in [0.4, 0.5) is 17.1 Å². The van der Waals surface area contributed by atoms with Crippen LogP contribution in [-0.2, 0) is 0 Å². The first kappa shape index (κ1) is 33.9. The highest BCUT2D eigenvalue weighted by Crippen LogP contribution is 2.48. The van der Waals surface area contributed by atoms with Crippen LogP contribution < -0.4 is 4.90 Å². The van der Waals surface area contributed by atoms with E-state index in [1.807, 2.05) is 11.3 Å². The molecule has 10 aromatic rings. The molecule has 2 unspecified atom stereocenters. The molecule has 0 saturated carbocycles. The Morgan fingerprint density at radius 2 is 1.17 bits per heavy atom. The molecule has 3 heteroatoms. The van der Waals surface area contributed by atoms with Gasteiger partial charge >= 0.3 is 0 Å². The summed E-state index contributed by atoms with van der Waals surface area (Å²) in [6, 6.07) is 64.0. The molecule has 0 N–H and O–H groups in total. The van der Waals surface area contributed by atoms with Crippen LogP contribution in [0.2, 0.25) is 0 Å². The molecule has 2 aromatic heterocycles. The Bertz CT molecular complexity index is 3330. The monoisotopic (exact) mass is 771 g/mol. The summed E-state index contributed by atoms with van der Waals surface area (Å²) in [5.74, 6) is 0.832. The standard InChI is InChI=1S/C56H37NOS/c1-3-11-36(12-4-1)41-24-29-49-52(34-41)58-56-47(38-13-5-2-6-14-38)30-31-51(55(49)56)57(44-27-32-54-50(35-44)48-17-9-10-18-53(48)59-54)43-25-21-37(22-26-43)40-23-28-46-42(33-40)20-19-39-15-7-8-16-45(39)46/h1-35,39,45H. The first-order valence-electron chi connectivity index (χ1n) is 20.3. The van der Waals surface area contributed by atoms with Gasteiger partial charge in [-0.3, -0.25) is 0 Å². The second-order valence-electron chi connectivity index (χ2n) is 15.6. The Labute approximate surface area is 346 Å². The van der Waals surface area contributed by atoms with Crippen molar-refractivity contribution in [3.05, 3.63) is 217 Å². The lowest BCUT2D eigenvalue weighted by atomic mass is 9.76. The number of rotatable bonds is 6. The van der Waals surface area contributed by atoms with E-state index in [-0.39, 0.29) is 0 Å². The minimum Gasteiger partial charge on any atom is -0.455 e. The predicted molar refractivity (Wildman–Crippen MR) is 251 cm³/mol. The molecule has 12 rings (SSSR count). The Morgan fingerprint density at radius 3 is 2.03 bits per heavy atom. The first-order chi connectivity index (χ1) is 29.2. The van der Waals surface area contributed by atoms with Crippen LogP contribution in [0.3, 0.4) is 0 Å². The molecule has 0 amide bonds. The summed E-state index contributed by atoms with van der Waals surface area (Å²) in [5, 5.41) is 4.72. The maximum Gasteiger partial charge on any atom is 0.145 e. The molecule has 0 radical (unpaired) electrons. The maximum atomic E-state index is 7.00. The Kier molecular flexibility index (Phi) is 7.89. The predicted octanol–water partition coefficient (Wildman–Crippen LogP) is 16.3. The van der Waals surface area contributed by atoms with Crippen LogP contribution in [0.1, 0.15) is 17.0 Å². The van der Waals surface area contributed by atoms with Gasteiger partial charge in [0.05, 0.1) is 11.1 Å². The SMILES string of the molecule is C1=CC2C=Cc3cc(-c4ccc(N(c5ccc6sc7ccccc7c6c5)c5ccc(-c6ccccc6)c6oc7cc(-c8ccccc8)ccc7c56)cc4)ccc3C2C=C1. The van der Waals surface area contributed by atoms with Crippen molar-refractivity contribution in [1.29, 1.82) is 0 Å². The molecular formula is C56H37NOS. The zero-order valence-electron chi connectivity index (χ0n) is 32.1. The number of hydrogen-bond donors (Lipinski definition) is 0. The van der Waals surface area contributed by atoms with Gasteiger partial charge in [-0.25, -0.2) is 0 Å². The van der Waals surface area contributed by atoms with Gasteiger partial charge in [-0.15, -0.1) is 11.3 Å². The molecule has 2 aliphatic rings. The minimum absolute atomic E-state index is 0.400. The molecule has 0 aliphatic heterocycles. The van der Waals surface area contributed by atoms with Crippen LogP contribution in [0, 0.1) is 5.92 Å². The third-order valence-corrected chi connectivity index (χ3v) is 13.4. The highest BCUT2D eigenvalue weighted by molar-refractivity contribution is 7.25. The molecular weight excluding hydrogens is 735 g/mol. The molecule has 59 heavy (non-hydrogen) atoms. The van der Waals surface area contributed by atoms with E-state index >= 15 is 0 Å². The molecule has 278 valence electrons. The number of furan rings is 1. The van der Waals surface area contributed by atoms with Crippen LogP contribution in [-0.4, -0.2) is 0 Å². The van der Waals surface area contributed by atoms with Gasteiger partial charge in [-0.1, -0.05) is 146 Å². The van der Waals surface area contributed by atoms with Gasteiger partial charge in [-0.2, -0.15) is 0 Å². The molecule has 0 fully saturated rings. The van der Waals surface area contributed by atoms with Crippen LogP contribution in [0.5, 0.6) is 0 Å². The number of nitrogens with zero attached hydrogens (tertiary/aromatic N) is 1. The van der Waals surface area contributed by atoms with E-state index in [2.05, 4.69) is 217 Å². The molecule has 8 aromatic carbocycles. The van der Waals surface area contributed by atoms with E-state index in [4.69, 9.17) is 4.42 Å². The lowest BCUT2D eigenvalue weighted by Crippen LogP contribution is -2.13. The van der Waals surface area contributed by atoms with Gasteiger partial charge < -0.3 is 9.32 Å². The van der Waals surface area contributed by atoms with Crippen LogP contribution in [0.25, 0.3) is 81.6 Å². The number of allylic oxidation sites excluding steroid dienone is 5. The first-order valence-corrected chi connectivity index (χ1v) is 21.1. The number of anilines is 3. The van der Waals surface area contributed by atoms with E-state index in [9.17, 15) is 0 Å². The summed E-state index contributed by atoms with van der Waals surface area (Å²) >= 11 is 1.85. The topological polar surface area (TPSA) is 16.4 Å². The lowest BCUT2D eigenvalue weighted by Gasteiger charge is -2.28. The summed E-state index contributed by atoms with van der Waals surface area (Å²) in [4.78, 5) is 2.42. The molecule has 2 atom stereocenters. The Hall–Kier alpha value is -7.20. The van der Waals surface area contributed by atoms with Crippen molar-refractivity contribution >= 4 is 76.6 Å². The molecule has 2 heterocycles. The third kappa shape index (κ3) is 5.69. The summed E-state index contributed by atoms with van der Waals surface area (Å²) < 4.78 is 9.58. The van der Waals surface area contributed by atoms with Gasteiger partial charge in [-0.05, 0) is 106 Å². The van der Waals surface area contributed by atoms with Crippen molar-refractivity contribution in [3.8, 4) is 33.4 Å². The summed E-state index contributed by atoms with van der Waals surface area (Å²) in [5.41, 5.74) is 14.6. The van der Waals surface area contributed by atoms with E-state index in [0.29, 0.717) is 11.8 Å². The number of benzene rings is 8. The van der Waals surface area contributed by atoms with E-state index < -0.39 is 0 Å². The number of hydrogen-bond acceptors (Lipinski definition) is 3. The van der Waals surface area contributed by atoms with Gasteiger partial charge in [0.15, 0.2) is 0 Å². The highest BCUT2D eigenvalue weighted by Gasteiger charge is 2.25. The van der Waals surface area contributed by atoms with Gasteiger partial charge in [0, 0.05) is 54.3 Å². The fourth-order valence-electron chi connectivity index (χ4n) is 9.32. The summed E-state index contributed by atoms with van der Waals surface area (Å²) in [6.07, 6.45) is 13.6. The molecule has 0 spiro atoms. The average Bonchev–Trinajstić information content (AvgIpc) is 3.88. The zero-order valence-corrected chi connectivity index (χ0v) is 32.9. The summed E-state index contributed by atoms with van der Waals surface area (Å²) in [7, 11) is 0. The van der Waals surface area contributed by atoms with Crippen LogP contribution in [0.15, 0.2) is 211 Å². The maximum absolute atomic E-state index is 7.00. The Morgan fingerprint density at radius 1 is 0.475 bits per heavy atom. The summed E-state index contributed by atoms with van der Waals surface area (Å²) in [6.45, 7) is 0. The Balaban J connectivity index is 1.05. The van der Waals surface area contributed by atoms with E-state index in [1.165, 1.54) is 48.0 Å². The van der Waals surface area contributed by atoms with Gasteiger partial charge in [0.25, 0.3) is 0 Å². The second-order valence-corrected chi connectivity index (χ2v) is 16.7. The van der Waals surface area contributed by atoms with Gasteiger partial charge in [0.1, 0.15) is 11.2 Å². The van der Waals surface area contributed by atoms with E-state index in [0.717, 1.165) is 55.7 Å². The van der Waals surface area contributed by atoms with E-state index in [1.54, 1.807) is 0 Å².